The first-order valence-electron chi connectivity index (χ1n) is 6.56. The molecule has 0 aliphatic carbocycles. The van der Waals surface area contributed by atoms with Gasteiger partial charge in [0.1, 0.15) is 0 Å². The van der Waals surface area contributed by atoms with Gasteiger partial charge in [-0.1, -0.05) is 12.1 Å². The van der Waals surface area contributed by atoms with Crippen LogP contribution in [0.1, 0.15) is 16.7 Å². The van der Waals surface area contributed by atoms with Gasteiger partial charge in [0.15, 0.2) is 0 Å². The van der Waals surface area contributed by atoms with Gasteiger partial charge in [-0.3, -0.25) is 0 Å². The second-order valence-corrected chi connectivity index (χ2v) is 5.36. The first-order valence-corrected chi connectivity index (χ1v) is 6.56. The van der Waals surface area contributed by atoms with Crippen LogP contribution in [0.4, 0.5) is 11.4 Å². The van der Waals surface area contributed by atoms with Crippen LogP contribution in [0.3, 0.4) is 0 Å². The van der Waals surface area contributed by atoms with E-state index in [0.717, 1.165) is 5.69 Å². The molecule has 2 N–H and O–H groups in total. The number of benzene rings is 2. The minimum Gasteiger partial charge on any atom is -0.399 e. The molecular weight excluding hydrogens is 232 g/mol. The van der Waals surface area contributed by atoms with Crippen LogP contribution in [0, 0.1) is 20.8 Å². The molecule has 0 heterocycles. The summed E-state index contributed by atoms with van der Waals surface area (Å²) in [5.74, 6) is 0. The predicted octanol–water partition coefficient (Wildman–Crippen LogP) is 3.93. The Morgan fingerprint density at radius 2 is 1.47 bits per heavy atom. The van der Waals surface area contributed by atoms with Gasteiger partial charge in [0, 0.05) is 25.5 Å². The van der Waals surface area contributed by atoms with Gasteiger partial charge in [0.05, 0.1) is 0 Å². The summed E-state index contributed by atoms with van der Waals surface area (Å²) in [6.07, 6.45) is 0. The maximum absolute atomic E-state index is 5.76. The number of anilines is 2. The van der Waals surface area contributed by atoms with E-state index in [2.05, 4.69) is 58.0 Å². The van der Waals surface area contributed by atoms with Crippen molar-refractivity contribution < 1.29 is 0 Å². The molecule has 100 valence electrons. The molecule has 0 unspecified atom stereocenters. The summed E-state index contributed by atoms with van der Waals surface area (Å²) in [5, 5.41) is 0. The Hall–Kier alpha value is -1.96. The zero-order valence-electron chi connectivity index (χ0n) is 12.4. The lowest BCUT2D eigenvalue weighted by molar-refractivity contribution is 1.09. The predicted molar refractivity (Wildman–Crippen MR) is 84.8 cm³/mol. The van der Waals surface area contributed by atoms with Gasteiger partial charge in [-0.25, -0.2) is 0 Å². The highest BCUT2D eigenvalue weighted by Gasteiger charge is 2.12. The van der Waals surface area contributed by atoms with Crippen molar-refractivity contribution in [3.05, 3.63) is 47.0 Å². The van der Waals surface area contributed by atoms with Crippen molar-refractivity contribution in [2.24, 2.45) is 0 Å². The second kappa shape index (κ2) is 4.96. The van der Waals surface area contributed by atoms with Crippen molar-refractivity contribution in [1.29, 1.82) is 0 Å². The van der Waals surface area contributed by atoms with E-state index in [9.17, 15) is 0 Å². The van der Waals surface area contributed by atoms with E-state index in [0.29, 0.717) is 0 Å². The summed E-state index contributed by atoms with van der Waals surface area (Å²) in [4.78, 5) is 2.18. The third-order valence-electron chi connectivity index (χ3n) is 3.72. The standard InChI is InChI=1S/C17H22N2/c1-11-10-16(14-6-8-15(18)9-7-14)12(2)13(3)17(11)19(4)5/h6-10H,18H2,1-5H3. The molecule has 0 fully saturated rings. The molecule has 0 saturated carbocycles. The SMILES string of the molecule is Cc1cc(-c2ccc(N)cc2)c(C)c(C)c1N(C)C. The molecule has 0 aromatic heterocycles. The molecule has 0 aliphatic rings. The highest BCUT2D eigenvalue weighted by Crippen LogP contribution is 2.34. The van der Waals surface area contributed by atoms with Gasteiger partial charge >= 0.3 is 0 Å². The number of hydrogen-bond donors (Lipinski definition) is 1. The molecule has 0 amide bonds. The molecule has 2 rings (SSSR count). The average molecular weight is 254 g/mol. The van der Waals surface area contributed by atoms with Crippen LogP contribution in [0.5, 0.6) is 0 Å². The van der Waals surface area contributed by atoms with Crippen LogP contribution in [-0.4, -0.2) is 14.1 Å². The topological polar surface area (TPSA) is 29.3 Å². The quantitative estimate of drug-likeness (QED) is 0.823. The van der Waals surface area contributed by atoms with Crippen molar-refractivity contribution in [3.63, 3.8) is 0 Å². The molecule has 0 aliphatic heterocycles. The van der Waals surface area contributed by atoms with E-state index >= 15 is 0 Å². The maximum atomic E-state index is 5.76. The lowest BCUT2D eigenvalue weighted by Gasteiger charge is -2.22. The summed E-state index contributed by atoms with van der Waals surface area (Å²) in [6.45, 7) is 6.55. The Balaban J connectivity index is 2.63. The van der Waals surface area contributed by atoms with Crippen molar-refractivity contribution in [2.45, 2.75) is 20.8 Å². The third-order valence-corrected chi connectivity index (χ3v) is 3.72. The lowest BCUT2D eigenvalue weighted by Crippen LogP contribution is -2.13. The van der Waals surface area contributed by atoms with Crippen LogP contribution >= 0.6 is 0 Å². The molecule has 19 heavy (non-hydrogen) atoms. The van der Waals surface area contributed by atoms with Crippen LogP contribution in [0.2, 0.25) is 0 Å². The summed E-state index contributed by atoms with van der Waals surface area (Å²) in [6, 6.07) is 10.4. The van der Waals surface area contributed by atoms with Gasteiger partial charge in [0.25, 0.3) is 0 Å². The van der Waals surface area contributed by atoms with Crippen LogP contribution in [0.25, 0.3) is 11.1 Å². The van der Waals surface area contributed by atoms with E-state index < -0.39 is 0 Å². The van der Waals surface area contributed by atoms with Gasteiger partial charge in [-0.2, -0.15) is 0 Å². The summed E-state index contributed by atoms with van der Waals surface area (Å²) in [7, 11) is 4.19. The molecule has 2 nitrogen and oxygen atoms in total. The number of rotatable bonds is 2. The van der Waals surface area contributed by atoms with E-state index in [-0.39, 0.29) is 0 Å². The highest BCUT2D eigenvalue weighted by molar-refractivity contribution is 5.76. The fraction of sp³-hybridized carbons (Fsp3) is 0.294. The molecule has 2 heteroatoms. The zero-order chi connectivity index (χ0) is 14.2. The Bertz CT molecular complexity index is 596. The van der Waals surface area contributed by atoms with Crippen molar-refractivity contribution in [2.75, 3.05) is 24.7 Å². The smallest absolute Gasteiger partial charge is 0.0423 e. The van der Waals surface area contributed by atoms with Crippen LogP contribution < -0.4 is 10.6 Å². The Morgan fingerprint density at radius 3 is 2.00 bits per heavy atom. The fourth-order valence-corrected chi connectivity index (χ4v) is 2.72. The molecule has 0 radical (unpaired) electrons. The summed E-state index contributed by atoms with van der Waals surface area (Å²) < 4.78 is 0. The second-order valence-electron chi connectivity index (χ2n) is 5.36. The van der Waals surface area contributed by atoms with Gasteiger partial charge in [0.2, 0.25) is 0 Å². The van der Waals surface area contributed by atoms with Crippen LogP contribution in [-0.2, 0) is 0 Å². The minimum absolute atomic E-state index is 0.805. The highest BCUT2D eigenvalue weighted by atomic mass is 15.1. The minimum atomic E-state index is 0.805. The number of nitrogen functional groups attached to an aromatic ring is 1. The summed E-state index contributed by atoms with van der Waals surface area (Å²) >= 11 is 0. The average Bonchev–Trinajstić information content (AvgIpc) is 2.34. The van der Waals surface area contributed by atoms with E-state index in [1.54, 1.807) is 0 Å². The van der Waals surface area contributed by atoms with E-state index in [1.165, 1.54) is 33.5 Å². The Kier molecular flexibility index (Phi) is 3.52. The number of nitrogens with two attached hydrogens (primary N) is 1. The molecule has 0 atom stereocenters. The van der Waals surface area contributed by atoms with Gasteiger partial charge in [-0.15, -0.1) is 0 Å². The number of hydrogen-bond acceptors (Lipinski definition) is 2. The Morgan fingerprint density at radius 1 is 0.895 bits per heavy atom. The first kappa shape index (κ1) is 13.5. The number of nitrogens with zero attached hydrogens (tertiary/aromatic N) is 1. The molecular formula is C17H22N2. The Labute approximate surface area is 115 Å². The molecule has 0 saturated heterocycles. The van der Waals surface area contributed by atoms with Gasteiger partial charge in [-0.05, 0) is 66.8 Å². The fourth-order valence-electron chi connectivity index (χ4n) is 2.72. The maximum Gasteiger partial charge on any atom is 0.0423 e. The third kappa shape index (κ3) is 2.43. The number of aryl methyl sites for hydroxylation is 1. The molecule has 0 spiro atoms. The molecule has 2 aromatic carbocycles. The van der Waals surface area contributed by atoms with Crippen molar-refractivity contribution in [3.8, 4) is 11.1 Å². The molecule has 2 aromatic rings. The van der Waals surface area contributed by atoms with Gasteiger partial charge < -0.3 is 10.6 Å². The van der Waals surface area contributed by atoms with Crippen LogP contribution in [0.15, 0.2) is 30.3 Å². The first-order chi connectivity index (χ1) is 8.91. The van der Waals surface area contributed by atoms with E-state index in [1.807, 2.05) is 12.1 Å². The largest absolute Gasteiger partial charge is 0.399 e. The summed E-state index contributed by atoms with van der Waals surface area (Å²) in [5.41, 5.74) is 14.4. The normalized spacial score (nSPS) is 10.6. The van der Waals surface area contributed by atoms with E-state index in [4.69, 9.17) is 5.73 Å². The zero-order valence-corrected chi connectivity index (χ0v) is 12.4. The van der Waals surface area contributed by atoms with Crippen molar-refractivity contribution in [1.82, 2.24) is 0 Å². The van der Waals surface area contributed by atoms with Crippen molar-refractivity contribution >= 4 is 11.4 Å². The molecule has 0 bridgehead atoms. The lowest BCUT2D eigenvalue weighted by atomic mass is 9.92. The monoisotopic (exact) mass is 254 g/mol.